The molecule has 0 bridgehead atoms. The molecule has 2 atom stereocenters. The minimum absolute atomic E-state index is 0.161. The van der Waals surface area contributed by atoms with Crippen molar-refractivity contribution in [1.82, 2.24) is 9.88 Å². The molecule has 88 valence electrons. The molecule has 3 heteroatoms. The Labute approximate surface area is 97.1 Å². The molecule has 1 aliphatic heterocycles. The average Bonchev–Trinajstić information content (AvgIpc) is 2.76. The van der Waals surface area contributed by atoms with Gasteiger partial charge in [-0.15, -0.1) is 0 Å². The fourth-order valence-corrected chi connectivity index (χ4v) is 2.30. The Morgan fingerprint density at radius 3 is 2.88 bits per heavy atom. The van der Waals surface area contributed by atoms with Crippen molar-refractivity contribution in [2.24, 2.45) is 5.92 Å². The molecule has 1 N–H and O–H groups in total. The van der Waals surface area contributed by atoms with Crippen LogP contribution in [0.15, 0.2) is 24.5 Å². The lowest BCUT2D eigenvalue weighted by Gasteiger charge is -2.17. The van der Waals surface area contributed by atoms with Crippen LogP contribution in [0.3, 0.4) is 0 Å². The first-order valence-corrected chi connectivity index (χ1v) is 6.05. The highest BCUT2D eigenvalue weighted by atomic mass is 16.3. The van der Waals surface area contributed by atoms with E-state index < -0.39 is 0 Å². The molecule has 1 aromatic rings. The van der Waals surface area contributed by atoms with Crippen molar-refractivity contribution in [2.75, 3.05) is 19.6 Å². The largest absolute Gasteiger partial charge is 0.393 e. The first kappa shape index (κ1) is 11.6. The molecule has 1 aliphatic rings. The second-order valence-electron chi connectivity index (χ2n) is 4.70. The summed E-state index contributed by atoms with van der Waals surface area (Å²) in [6.45, 7) is 5.16. The Morgan fingerprint density at radius 2 is 2.25 bits per heavy atom. The van der Waals surface area contributed by atoms with Gasteiger partial charge < -0.3 is 10.0 Å². The van der Waals surface area contributed by atoms with Gasteiger partial charge in [0.1, 0.15) is 0 Å². The van der Waals surface area contributed by atoms with Crippen LogP contribution in [0.4, 0.5) is 0 Å². The highest BCUT2D eigenvalue weighted by Crippen LogP contribution is 2.19. The topological polar surface area (TPSA) is 36.4 Å². The van der Waals surface area contributed by atoms with Gasteiger partial charge in [-0.25, -0.2) is 0 Å². The van der Waals surface area contributed by atoms with Gasteiger partial charge in [-0.1, -0.05) is 0 Å². The Balaban J connectivity index is 1.76. The van der Waals surface area contributed by atoms with Crippen molar-refractivity contribution >= 4 is 0 Å². The van der Waals surface area contributed by atoms with Gasteiger partial charge in [0.15, 0.2) is 0 Å². The lowest BCUT2D eigenvalue weighted by atomic mass is 10.0. The number of pyridine rings is 1. The van der Waals surface area contributed by atoms with Crippen LogP contribution in [-0.2, 0) is 6.42 Å². The highest BCUT2D eigenvalue weighted by Gasteiger charge is 2.25. The summed E-state index contributed by atoms with van der Waals surface area (Å²) >= 11 is 0. The van der Waals surface area contributed by atoms with E-state index in [1.807, 2.05) is 19.3 Å². The van der Waals surface area contributed by atoms with Crippen molar-refractivity contribution in [1.29, 1.82) is 0 Å². The van der Waals surface area contributed by atoms with Crippen molar-refractivity contribution in [3.05, 3.63) is 30.1 Å². The Hall–Kier alpha value is -0.930. The summed E-state index contributed by atoms with van der Waals surface area (Å²) in [6.07, 6.45) is 5.74. The third-order valence-electron chi connectivity index (χ3n) is 3.46. The Bertz CT molecular complexity index is 313. The lowest BCUT2D eigenvalue weighted by Crippen LogP contribution is -2.26. The van der Waals surface area contributed by atoms with Crippen LogP contribution in [0.2, 0.25) is 0 Å². The second-order valence-corrected chi connectivity index (χ2v) is 4.70. The minimum atomic E-state index is -0.161. The normalized spacial score (nSPS) is 23.5. The summed E-state index contributed by atoms with van der Waals surface area (Å²) in [6, 6.07) is 4.14. The number of rotatable bonds is 4. The van der Waals surface area contributed by atoms with E-state index in [2.05, 4.69) is 22.0 Å². The second kappa shape index (κ2) is 5.41. The zero-order chi connectivity index (χ0) is 11.4. The van der Waals surface area contributed by atoms with E-state index in [1.165, 1.54) is 5.56 Å². The molecule has 0 saturated carbocycles. The van der Waals surface area contributed by atoms with Crippen LogP contribution in [0.1, 0.15) is 18.9 Å². The summed E-state index contributed by atoms with van der Waals surface area (Å²) in [5.41, 5.74) is 1.34. The zero-order valence-electron chi connectivity index (χ0n) is 9.84. The molecule has 2 rings (SSSR count). The predicted octanol–water partition coefficient (Wildman–Crippen LogP) is 1.33. The molecular weight excluding hydrogens is 200 g/mol. The molecule has 0 spiro atoms. The summed E-state index contributed by atoms with van der Waals surface area (Å²) in [5.74, 6) is 0.470. The maximum Gasteiger partial charge on any atom is 0.0552 e. The molecule has 0 aliphatic carbocycles. The standard InChI is InChI=1S/C13H20N2O/c1-11(16)13-5-9-15(10-13)8-4-12-2-6-14-7-3-12/h2-3,6-7,11,13,16H,4-5,8-10H2,1H3. The highest BCUT2D eigenvalue weighted by molar-refractivity contribution is 5.10. The SMILES string of the molecule is CC(O)C1CCN(CCc2ccncc2)C1. The van der Waals surface area contributed by atoms with E-state index in [-0.39, 0.29) is 6.10 Å². The third kappa shape index (κ3) is 3.03. The van der Waals surface area contributed by atoms with E-state index in [0.29, 0.717) is 5.92 Å². The molecule has 1 saturated heterocycles. The first-order chi connectivity index (χ1) is 7.75. The van der Waals surface area contributed by atoms with E-state index in [1.54, 1.807) is 0 Å². The molecule has 0 aromatic carbocycles. The van der Waals surface area contributed by atoms with Gasteiger partial charge in [0, 0.05) is 25.5 Å². The minimum Gasteiger partial charge on any atom is -0.393 e. The van der Waals surface area contributed by atoms with E-state index in [0.717, 1.165) is 32.5 Å². The lowest BCUT2D eigenvalue weighted by molar-refractivity contribution is 0.128. The molecule has 2 heterocycles. The van der Waals surface area contributed by atoms with Crippen LogP contribution < -0.4 is 0 Å². The quantitative estimate of drug-likeness (QED) is 0.831. The van der Waals surface area contributed by atoms with E-state index in [9.17, 15) is 5.11 Å². The Kier molecular flexibility index (Phi) is 3.91. The summed E-state index contributed by atoms with van der Waals surface area (Å²) < 4.78 is 0. The van der Waals surface area contributed by atoms with Gasteiger partial charge in [0.25, 0.3) is 0 Å². The number of aromatic nitrogens is 1. The van der Waals surface area contributed by atoms with Crippen molar-refractivity contribution in [2.45, 2.75) is 25.9 Å². The molecule has 1 fully saturated rings. The smallest absolute Gasteiger partial charge is 0.0552 e. The number of aliphatic hydroxyl groups is 1. The van der Waals surface area contributed by atoms with Gasteiger partial charge in [0.2, 0.25) is 0 Å². The van der Waals surface area contributed by atoms with Crippen molar-refractivity contribution in [3.63, 3.8) is 0 Å². The predicted molar refractivity (Wildman–Crippen MR) is 64.2 cm³/mol. The number of hydrogen-bond donors (Lipinski definition) is 1. The molecule has 2 unspecified atom stereocenters. The van der Waals surface area contributed by atoms with Crippen LogP contribution >= 0.6 is 0 Å². The fourth-order valence-electron chi connectivity index (χ4n) is 2.30. The van der Waals surface area contributed by atoms with Gasteiger partial charge >= 0.3 is 0 Å². The van der Waals surface area contributed by atoms with Crippen LogP contribution in [0.25, 0.3) is 0 Å². The molecular formula is C13H20N2O. The van der Waals surface area contributed by atoms with Crippen LogP contribution in [0.5, 0.6) is 0 Å². The summed E-state index contributed by atoms with van der Waals surface area (Å²) in [4.78, 5) is 6.46. The third-order valence-corrected chi connectivity index (χ3v) is 3.46. The van der Waals surface area contributed by atoms with E-state index >= 15 is 0 Å². The zero-order valence-corrected chi connectivity index (χ0v) is 9.84. The molecule has 1 aromatic heterocycles. The molecule has 16 heavy (non-hydrogen) atoms. The average molecular weight is 220 g/mol. The first-order valence-electron chi connectivity index (χ1n) is 6.05. The molecule has 0 radical (unpaired) electrons. The maximum atomic E-state index is 9.52. The number of aliphatic hydroxyl groups excluding tert-OH is 1. The van der Waals surface area contributed by atoms with Gasteiger partial charge in [-0.05, 0) is 49.9 Å². The van der Waals surface area contributed by atoms with Gasteiger partial charge in [-0.3, -0.25) is 4.98 Å². The summed E-state index contributed by atoms with van der Waals surface area (Å²) in [7, 11) is 0. The summed E-state index contributed by atoms with van der Waals surface area (Å²) in [5, 5.41) is 9.52. The van der Waals surface area contributed by atoms with Crippen molar-refractivity contribution in [3.8, 4) is 0 Å². The van der Waals surface area contributed by atoms with Crippen molar-refractivity contribution < 1.29 is 5.11 Å². The Morgan fingerprint density at radius 1 is 1.50 bits per heavy atom. The maximum absolute atomic E-state index is 9.52. The van der Waals surface area contributed by atoms with Crippen LogP contribution in [0, 0.1) is 5.92 Å². The number of hydrogen-bond acceptors (Lipinski definition) is 3. The monoisotopic (exact) mass is 220 g/mol. The van der Waals surface area contributed by atoms with Crippen LogP contribution in [-0.4, -0.2) is 40.7 Å². The molecule has 0 amide bonds. The fraction of sp³-hybridized carbons (Fsp3) is 0.615. The van der Waals surface area contributed by atoms with Gasteiger partial charge in [-0.2, -0.15) is 0 Å². The number of likely N-dealkylation sites (tertiary alicyclic amines) is 1. The van der Waals surface area contributed by atoms with Gasteiger partial charge in [0.05, 0.1) is 6.10 Å². The van der Waals surface area contributed by atoms with E-state index in [4.69, 9.17) is 0 Å². The number of nitrogens with zero attached hydrogens (tertiary/aromatic N) is 2. The molecule has 3 nitrogen and oxygen atoms in total.